The average Bonchev–Trinajstić information content (AvgIpc) is 3.11. The van der Waals surface area contributed by atoms with Crippen molar-refractivity contribution in [2.24, 2.45) is 0 Å². The molecule has 110 valence electrons. The Morgan fingerprint density at radius 2 is 2.05 bits per heavy atom. The van der Waals surface area contributed by atoms with Crippen LogP contribution >= 0.6 is 0 Å². The van der Waals surface area contributed by atoms with E-state index in [4.69, 9.17) is 0 Å². The highest BCUT2D eigenvalue weighted by Gasteiger charge is 2.29. The van der Waals surface area contributed by atoms with Crippen molar-refractivity contribution >= 4 is 17.2 Å². The lowest BCUT2D eigenvalue weighted by Gasteiger charge is -2.16. The minimum atomic E-state index is -0.962. The molecule has 0 radical (unpaired) electrons. The third kappa shape index (κ3) is 1.78. The van der Waals surface area contributed by atoms with Gasteiger partial charge in [-0.2, -0.15) is 5.10 Å². The second kappa shape index (κ2) is 4.59. The summed E-state index contributed by atoms with van der Waals surface area (Å²) in [6.07, 6.45) is 5.18. The fraction of sp³-hybridized carbons (Fsp3) is 0.133. The summed E-state index contributed by atoms with van der Waals surface area (Å²) in [5.41, 5.74) is 1.79. The second-order valence-electron chi connectivity index (χ2n) is 5.05. The number of rotatable bonds is 1. The van der Waals surface area contributed by atoms with Crippen molar-refractivity contribution in [1.29, 1.82) is 0 Å². The summed E-state index contributed by atoms with van der Waals surface area (Å²) in [4.78, 5) is 18.3. The van der Waals surface area contributed by atoms with Crippen LogP contribution in [0.15, 0.2) is 36.8 Å². The lowest BCUT2D eigenvalue weighted by Crippen LogP contribution is -2.29. The van der Waals surface area contributed by atoms with Crippen LogP contribution in [0, 0.1) is 11.6 Å². The largest absolute Gasteiger partial charge is 0.307 e. The number of aromatic nitrogens is 3. The molecular formula is C15H10F2N4O. The lowest BCUT2D eigenvalue weighted by molar-refractivity contribution is 0.0990. The summed E-state index contributed by atoms with van der Waals surface area (Å²) >= 11 is 0. The smallest absolute Gasteiger partial charge is 0.263 e. The van der Waals surface area contributed by atoms with E-state index in [1.165, 1.54) is 15.6 Å². The van der Waals surface area contributed by atoms with Gasteiger partial charge in [-0.3, -0.25) is 4.79 Å². The third-order valence-corrected chi connectivity index (χ3v) is 3.77. The van der Waals surface area contributed by atoms with E-state index in [1.54, 1.807) is 18.5 Å². The normalized spacial score (nSPS) is 13.6. The number of carbonyl (C=O) groups is 1. The molecule has 1 aromatic carbocycles. The van der Waals surface area contributed by atoms with Crippen LogP contribution in [0.25, 0.3) is 5.65 Å². The molecule has 1 amide bonds. The molecule has 1 aliphatic heterocycles. The van der Waals surface area contributed by atoms with Crippen molar-refractivity contribution in [1.82, 2.24) is 14.6 Å². The van der Waals surface area contributed by atoms with E-state index >= 15 is 0 Å². The molecule has 0 aliphatic carbocycles. The van der Waals surface area contributed by atoms with Crippen molar-refractivity contribution in [3.05, 3.63) is 59.6 Å². The van der Waals surface area contributed by atoms with E-state index in [0.29, 0.717) is 35.4 Å². The first-order valence-corrected chi connectivity index (χ1v) is 6.73. The maximum Gasteiger partial charge on any atom is 0.263 e. The molecule has 0 N–H and O–H groups in total. The molecule has 0 saturated heterocycles. The Bertz CT molecular complexity index is 906. The van der Waals surface area contributed by atoms with E-state index in [9.17, 15) is 13.6 Å². The van der Waals surface area contributed by atoms with Gasteiger partial charge in [-0.25, -0.2) is 18.3 Å². The summed E-state index contributed by atoms with van der Waals surface area (Å²) in [6, 6.07) is 3.92. The van der Waals surface area contributed by atoms with Crippen LogP contribution in [-0.2, 0) is 6.42 Å². The van der Waals surface area contributed by atoms with Crippen LogP contribution in [0.2, 0.25) is 0 Å². The predicted molar refractivity (Wildman–Crippen MR) is 74.7 cm³/mol. The van der Waals surface area contributed by atoms with Crippen molar-refractivity contribution in [2.45, 2.75) is 6.42 Å². The molecule has 1 aliphatic rings. The summed E-state index contributed by atoms with van der Waals surface area (Å²) in [5, 5.41) is 4.07. The van der Waals surface area contributed by atoms with Gasteiger partial charge < -0.3 is 4.90 Å². The zero-order valence-corrected chi connectivity index (χ0v) is 11.3. The van der Waals surface area contributed by atoms with Gasteiger partial charge in [0.2, 0.25) is 0 Å². The summed E-state index contributed by atoms with van der Waals surface area (Å²) in [6.45, 7) is 0.376. The predicted octanol–water partition coefficient (Wildman–Crippen LogP) is 2.21. The van der Waals surface area contributed by atoms with Gasteiger partial charge in [-0.05, 0) is 24.1 Å². The van der Waals surface area contributed by atoms with Gasteiger partial charge in [-0.1, -0.05) is 0 Å². The van der Waals surface area contributed by atoms with Gasteiger partial charge in [-0.15, -0.1) is 0 Å². The summed E-state index contributed by atoms with van der Waals surface area (Å²) in [5.74, 6) is -2.18. The Hall–Kier alpha value is -2.83. The Labute approximate surface area is 123 Å². The van der Waals surface area contributed by atoms with Gasteiger partial charge in [0.25, 0.3) is 5.91 Å². The van der Waals surface area contributed by atoms with Gasteiger partial charge >= 0.3 is 0 Å². The summed E-state index contributed by atoms with van der Waals surface area (Å²) < 4.78 is 28.2. The second-order valence-corrected chi connectivity index (χ2v) is 5.05. The molecule has 3 heterocycles. The molecule has 0 unspecified atom stereocenters. The fourth-order valence-electron chi connectivity index (χ4n) is 2.72. The molecule has 7 heteroatoms. The number of hydrogen-bond acceptors (Lipinski definition) is 3. The molecular weight excluding hydrogens is 290 g/mol. The first kappa shape index (κ1) is 12.9. The van der Waals surface area contributed by atoms with Gasteiger partial charge in [0, 0.05) is 25.0 Å². The van der Waals surface area contributed by atoms with E-state index in [0.717, 1.165) is 12.1 Å². The monoisotopic (exact) mass is 300 g/mol. The molecule has 0 atom stereocenters. The van der Waals surface area contributed by atoms with Gasteiger partial charge in [0.05, 0.1) is 11.9 Å². The number of halogens is 2. The Morgan fingerprint density at radius 1 is 1.23 bits per heavy atom. The molecule has 22 heavy (non-hydrogen) atoms. The van der Waals surface area contributed by atoms with Crippen molar-refractivity contribution < 1.29 is 13.6 Å². The Balaban J connectivity index is 1.78. The zero-order chi connectivity index (χ0) is 15.3. The number of nitrogens with zero attached hydrogens (tertiary/aromatic N) is 4. The highest BCUT2D eigenvalue weighted by molar-refractivity contribution is 6.10. The quantitative estimate of drug-likeness (QED) is 0.692. The first-order valence-electron chi connectivity index (χ1n) is 6.73. The van der Waals surface area contributed by atoms with E-state index in [2.05, 4.69) is 10.1 Å². The van der Waals surface area contributed by atoms with Crippen LogP contribution in [0.4, 0.5) is 14.5 Å². The zero-order valence-electron chi connectivity index (χ0n) is 11.3. The molecule has 3 aromatic rings. The molecule has 2 aromatic heterocycles. The van der Waals surface area contributed by atoms with Crippen LogP contribution < -0.4 is 4.90 Å². The minimum Gasteiger partial charge on any atom is -0.307 e. The van der Waals surface area contributed by atoms with Crippen LogP contribution in [0.1, 0.15) is 15.9 Å². The van der Waals surface area contributed by atoms with Gasteiger partial charge in [0.15, 0.2) is 17.3 Å². The van der Waals surface area contributed by atoms with E-state index in [-0.39, 0.29) is 5.91 Å². The molecule has 0 spiro atoms. The topological polar surface area (TPSA) is 50.5 Å². The molecule has 5 nitrogen and oxygen atoms in total. The third-order valence-electron chi connectivity index (χ3n) is 3.77. The highest BCUT2D eigenvalue weighted by Crippen LogP contribution is 2.31. The average molecular weight is 300 g/mol. The minimum absolute atomic E-state index is 0.321. The van der Waals surface area contributed by atoms with Crippen LogP contribution in [0.5, 0.6) is 0 Å². The number of fused-ring (bicyclic) bond motifs is 2. The number of carbonyl (C=O) groups excluding carboxylic acids is 1. The first-order chi connectivity index (χ1) is 10.6. The number of benzene rings is 1. The highest BCUT2D eigenvalue weighted by atomic mass is 19.2. The molecule has 0 bridgehead atoms. The van der Waals surface area contributed by atoms with Crippen molar-refractivity contribution in [3.63, 3.8) is 0 Å². The van der Waals surface area contributed by atoms with Crippen molar-refractivity contribution in [2.75, 3.05) is 11.4 Å². The van der Waals surface area contributed by atoms with E-state index in [1.807, 2.05) is 0 Å². The van der Waals surface area contributed by atoms with Crippen LogP contribution in [-0.4, -0.2) is 27.0 Å². The fourth-order valence-corrected chi connectivity index (χ4v) is 2.72. The van der Waals surface area contributed by atoms with Crippen molar-refractivity contribution in [3.8, 4) is 0 Å². The Kier molecular flexibility index (Phi) is 2.69. The number of anilines is 1. The maximum atomic E-state index is 13.5. The summed E-state index contributed by atoms with van der Waals surface area (Å²) in [7, 11) is 0. The standard InChI is InChI=1S/C15H10F2N4O/c16-11-6-9-2-5-20(13(9)7-12(11)17)15(22)10-8-19-21-4-1-3-18-14(10)21/h1,3-4,6-8H,2,5H2. The van der Waals surface area contributed by atoms with Crippen LogP contribution in [0.3, 0.4) is 0 Å². The number of amides is 1. The lowest BCUT2D eigenvalue weighted by atomic mass is 10.1. The number of hydrogen-bond donors (Lipinski definition) is 0. The molecule has 4 rings (SSSR count). The van der Waals surface area contributed by atoms with Gasteiger partial charge in [0.1, 0.15) is 5.56 Å². The maximum absolute atomic E-state index is 13.5. The van der Waals surface area contributed by atoms with E-state index < -0.39 is 11.6 Å². The molecule has 0 saturated carbocycles. The SMILES string of the molecule is O=C(c1cnn2cccnc12)N1CCc2cc(F)c(F)cc21. The Morgan fingerprint density at radius 3 is 2.91 bits per heavy atom. The molecule has 0 fully saturated rings.